The third kappa shape index (κ3) is 3.82. The SMILES string of the molecule is Cc1ccc(C(=O)N2CCN(S(=O)(=O)c3cccc([N+](=O)[O-])c3)CC2)c(O)c1. The molecule has 0 spiro atoms. The molecule has 3 rings (SSSR count). The predicted molar refractivity (Wildman–Crippen MR) is 101 cm³/mol. The van der Waals surface area contributed by atoms with E-state index < -0.39 is 14.9 Å². The van der Waals surface area contributed by atoms with Crippen LogP contribution in [-0.4, -0.2) is 59.7 Å². The number of carbonyl (C=O) groups is 1. The first-order valence-corrected chi connectivity index (χ1v) is 9.97. The second-order valence-corrected chi connectivity index (χ2v) is 8.41. The number of carbonyl (C=O) groups excluding carboxylic acids is 1. The predicted octanol–water partition coefficient (Wildman–Crippen LogP) is 1.76. The van der Waals surface area contributed by atoms with E-state index in [1.54, 1.807) is 19.1 Å². The van der Waals surface area contributed by atoms with Crippen LogP contribution in [0, 0.1) is 17.0 Å². The zero-order chi connectivity index (χ0) is 20.5. The molecule has 2 aromatic rings. The minimum Gasteiger partial charge on any atom is -0.507 e. The van der Waals surface area contributed by atoms with Crippen molar-refractivity contribution in [2.45, 2.75) is 11.8 Å². The van der Waals surface area contributed by atoms with Crippen LogP contribution >= 0.6 is 0 Å². The van der Waals surface area contributed by atoms with Crippen LogP contribution in [0.1, 0.15) is 15.9 Å². The molecular weight excluding hydrogens is 386 g/mol. The van der Waals surface area contributed by atoms with Gasteiger partial charge in [0.2, 0.25) is 10.0 Å². The van der Waals surface area contributed by atoms with E-state index in [0.717, 1.165) is 11.6 Å². The Labute approximate surface area is 162 Å². The Balaban J connectivity index is 1.73. The lowest BCUT2D eigenvalue weighted by Gasteiger charge is -2.34. The number of piperazine rings is 1. The van der Waals surface area contributed by atoms with Crippen molar-refractivity contribution in [3.63, 3.8) is 0 Å². The van der Waals surface area contributed by atoms with Gasteiger partial charge in [-0.1, -0.05) is 12.1 Å². The van der Waals surface area contributed by atoms with E-state index in [2.05, 4.69) is 0 Å². The van der Waals surface area contributed by atoms with E-state index in [0.29, 0.717) is 0 Å². The number of non-ortho nitro benzene ring substituents is 1. The van der Waals surface area contributed by atoms with Gasteiger partial charge in [0, 0.05) is 38.3 Å². The first kappa shape index (κ1) is 19.8. The standard InChI is InChI=1S/C18H19N3O6S/c1-13-5-6-16(17(22)11-13)18(23)19-7-9-20(10-8-19)28(26,27)15-4-2-3-14(12-15)21(24)25/h2-6,11-12,22H,7-10H2,1H3. The van der Waals surface area contributed by atoms with Gasteiger partial charge in [-0.25, -0.2) is 8.42 Å². The van der Waals surface area contributed by atoms with Crippen molar-refractivity contribution < 1.29 is 23.2 Å². The zero-order valence-corrected chi connectivity index (χ0v) is 15.9. The molecule has 1 N–H and O–H groups in total. The number of phenols is 1. The van der Waals surface area contributed by atoms with E-state index >= 15 is 0 Å². The van der Waals surface area contributed by atoms with Gasteiger partial charge in [0.05, 0.1) is 15.4 Å². The van der Waals surface area contributed by atoms with E-state index in [1.807, 2.05) is 0 Å². The number of nitrogens with zero attached hydrogens (tertiary/aromatic N) is 3. The molecule has 1 aliphatic rings. The van der Waals surface area contributed by atoms with Gasteiger partial charge in [-0.05, 0) is 30.7 Å². The summed E-state index contributed by atoms with van der Waals surface area (Å²) in [5.41, 5.74) is 0.687. The van der Waals surface area contributed by atoms with Gasteiger partial charge >= 0.3 is 0 Å². The van der Waals surface area contributed by atoms with Crippen LogP contribution in [0.5, 0.6) is 5.75 Å². The molecule has 1 aliphatic heterocycles. The molecule has 2 aromatic carbocycles. The molecule has 28 heavy (non-hydrogen) atoms. The Kier molecular flexibility index (Phi) is 5.34. The summed E-state index contributed by atoms with van der Waals surface area (Å²) in [7, 11) is -3.90. The third-order valence-electron chi connectivity index (χ3n) is 4.58. The summed E-state index contributed by atoms with van der Waals surface area (Å²) in [6.45, 7) is 2.22. The average molecular weight is 405 g/mol. The Hall–Kier alpha value is -2.98. The molecule has 1 heterocycles. The maximum absolute atomic E-state index is 12.8. The number of aromatic hydroxyl groups is 1. The fraction of sp³-hybridized carbons (Fsp3) is 0.278. The molecule has 0 bridgehead atoms. The van der Waals surface area contributed by atoms with Crippen molar-refractivity contribution in [2.24, 2.45) is 0 Å². The largest absolute Gasteiger partial charge is 0.507 e. The molecule has 1 amide bonds. The number of nitro benzene ring substituents is 1. The Morgan fingerprint density at radius 1 is 1.11 bits per heavy atom. The first-order chi connectivity index (χ1) is 13.2. The summed E-state index contributed by atoms with van der Waals surface area (Å²) in [6.07, 6.45) is 0. The molecule has 10 heteroatoms. The van der Waals surface area contributed by atoms with E-state index in [-0.39, 0.29) is 54.0 Å². The molecule has 0 aliphatic carbocycles. The number of hydrogen-bond acceptors (Lipinski definition) is 6. The van der Waals surface area contributed by atoms with E-state index in [1.165, 1.54) is 33.5 Å². The lowest BCUT2D eigenvalue weighted by molar-refractivity contribution is -0.385. The van der Waals surface area contributed by atoms with Gasteiger partial charge < -0.3 is 10.0 Å². The highest BCUT2D eigenvalue weighted by Crippen LogP contribution is 2.24. The van der Waals surface area contributed by atoms with Crippen LogP contribution < -0.4 is 0 Å². The number of aryl methyl sites for hydroxylation is 1. The lowest BCUT2D eigenvalue weighted by atomic mass is 10.1. The summed E-state index contributed by atoms with van der Waals surface area (Å²) in [6, 6.07) is 9.64. The van der Waals surface area contributed by atoms with Gasteiger partial charge in [0.15, 0.2) is 0 Å². The topological polar surface area (TPSA) is 121 Å². The molecule has 0 unspecified atom stereocenters. The minimum atomic E-state index is -3.90. The summed E-state index contributed by atoms with van der Waals surface area (Å²) in [5.74, 6) is -0.485. The highest BCUT2D eigenvalue weighted by Gasteiger charge is 2.31. The second-order valence-electron chi connectivity index (χ2n) is 6.47. The molecule has 0 atom stereocenters. The number of nitro groups is 1. The van der Waals surface area contributed by atoms with Crippen molar-refractivity contribution in [3.8, 4) is 5.75 Å². The molecule has 9 nitrogen and oxygen atoms in total. The maximum atomic E-state index is 12.8. The maximum Gasteiger partial charge on any atom is 0.270 e. The number of benzene rings is 2. The van der Waals surface area contributed by atoms with Gasteiger partial charge in [-0.3, -0.25) is 14.9 Å². The van der Waals surface area contributed by atoms with Crippen LogP contribution in [0.4, 0.5) is 5.69 Å². The number of sulfonamides is 1. The summed E-state index contributed by atoms with van der Waals surface area (Å²) in [4.78, 5) is 24.2. The van der Waals surface area contributed by atoms with E-state index in [4.69, 9.17) is 0 Å². The molecule has 0 radical (unpaired) electrons. The van der Waals surface area contributed by atoms with Crippen LogP contribution in [0.15, 0.2) is 47.4 Å². The fourth-order valence-electron chi connectivity index (χ4n) is 3.03. The highest BCUT2D eigenvalue weighted by atomic mass is 32.2. The molecule has 1 saturated heterocycles. The zero-order valence-electron chi connectivity index (χ0n) is 15.1. The van der Waals surface area contributed by atoms with Crippen molar-refractivity contribution in [1.29, 1.82) is 0 Å². The van der Waals surface area contributed by atoms with Crippen LogP contribution in [0.25, 0.3) is 0 Å². The molecule has 1 fully saturated rings. The van der Waals surface area contributed by atoms with Crippen molar-refractivity contribution in [1.82, 2.24) is 9.21 Å². The summed E-state index contributed by atoms with van der Waals surface area (Å²) < 4.78 is 26.7. The Bertz CT molecular complexity index is 1030. The van der Waals surface area contributed by atoms with E-state index in [9.17, 15) is 28.4 Å². The fourth-order valence-corrected chi connectivity index (χ4v) is 4.49. The van der Waals surface area contributed by atoms with Gasteiger partial charge in [-0.15, -0.1) is 0 Å². The summed E-state index contributed by atoms with van der Waals surface area (Å²) >= 11 is 0. The van der Waals surface area contributed by atoms with Crippen molar-refractivity contribution >= 4 is 21.6 Å². The number of hydrogen-bond donors (Lipinski definition) is 1. The number of rotatable bonds is 4. The number of phenolic OH excluding ortho intramolecular Hbond substituents is 1. The average Bonchev–Trinajstić information content (AvgIpc) is 2.67. The quantitative estimate of drug-likeness (QED) is 0.611. The highest BCUT2D eigenvalue weighted by molar-refractivity contribution is 7.89. The van der Waals surface area contributed by atoms with Crippen LogP contribution in [0.2, 0.25) is 0 Å². The molecule has 0 aromatic heterocycles. The molecule has 148 valence electrons. The van der Waals surface area contributed by atoms with Crippen LogP contribution in [0.3, 0.4) is 0 Å². The molecule has 0 saturated carbocycles. The van der Waals surface area contributed by atoms with Gasteiger partial charge in [-0.2, -0.15) is 4.31 Å². The normalized spacial score (nSPS) is 15.4. The Morgan fingerprint density at radius 3 is 2.39 bits per heavy atom. The third-order valence-corrected chi connectivity index (χ3v) is 6.47. The van der Waals surface area contributed by atoms with Crippen LogP contribution in [-0.2, 0) is 10.0 Å². The van der Waals surface area contributed by atoms with Crippen molar-refractivity contribution in [2.75, 3.05) is 26.2 Å². The Morgan fingerprint density at radius 2 is 1.79 bits per heavy atom. The lowest BCUT2D eigenvalue weighted by Crippen LogP contribution is -2.50. The smallest absolute Gasteiger partial charge is 0.270 e. The second kappa shape index (κ2) is 7.56. The number of amides is 1. The minimum absolute atomic E-state index is 0.0589. The monoisotopic (exact) mass is 405 g/mol. The van der Waals surface area contributed by atoms with Crippen molar-refractivity contribution in [3.05, 3.63) is 63.7 Å². The molecular formula is C18H19N3O6S. The van der Waals surface area contributed by atoms with Gasteiger partial charge in [0.1, 0.15) is 5.75 Å². The first-order valence-electron chi connectivity index (χ1n) is 8.53. The summed E-state index contributed by atoms with van der Waals surface area (Å²) in [5, 5.41) is 20.9. The van der Waals surface area contributed by atoms with Gasteiger partial charge in [0.25, 0.3) is 11.6 Å².